The van der Waals surface area contributed by atoms with Gasteiger partial charge in [0.1, 0.15) is 44.0 Å². The minimum Gasteiger partial charge on any atom is -0.488 e. The monoisotopic (exact) mass is 760 g/mol. The number of benzene rings is 3. The van der Waals surface area contributed by atoms with Gasteiger partial charge in [0.05, 0.1) is 16.3 Å². The molecule has 2 aliphatic rings. The molecule has 0 bridgehead atoms. The van der Waals surface area contributed by atoms with E-state index in [4.69, 9.17) is 30.5 Å². The molecule has 1 fully saturated rings. The van der Waals surface area contributed by atoms with E-state index in [1.54, 1.807) is 24.4 Å². The van der Waals surface area contributed by atoms with Crippen molar-refractivity contribution in [1.29, 1.82) is 5.26 Å². The number of pyridine rings is 1. The average molecular weight is 761 g/mol. The molecule has 0 saturated heterocycles. The van der Waals surface area contributed by atoms with E-state index in [-0.39, 0.29) is 31.6 Å². The third-order valence-electron chi connectivity index (χ3n) is 10.0. The summed E-state index contributed by atoms with van der Waals surface area (Å²) >= 11 is 6.92. The Balaban J connectivity index is 1.27. The molecule has 6 rings (SSSR count). The topological polar surface area (TPSA) is 134 Å². The van der Waals surface area contributed by atoms with Crippen molar-refractivity contribution >= 4 is 21.7 Å². The van der Waals surface area contributed by atoms with E-state index in [0.29, 0.717) is 53.4 Å². The second kappa shape index (κ2) is 17.2. The van der Waals surface area contributed by atoms with Crippen molar-refractivity contribution in [2.45, 2.75) is 64.4 Å². The van der Waals surface area contributed by atoms with Crippen LogP contribution in [0.5, 0.6) is 23.0 Å². The van der Waals surface area contributed by atoms with E-state index in [1.807, 2.05) is 30.3 Å². The van der Waals surface area contributed by atoms with Crippen LogP contribution in [0.3, 0.4) is 0 Å². The summed E-state index contributed by atoms with van der Waals surface area (Å²) in [5.41, 5.74) is 5.96. The van der Waals surface area contributed by atoms with Crippen LogP contribution in [0, 0.1) is 18.3 Å². The van der Waals surface area contributed by atoms with Gasteiger partial charge in [-0.1, -0.05) is 35.9 Å². The maximum absolute atomic E-state index is 11.9. The lowest BCUT2D eigenvalue weighted by atomic mass is 9.89. The van der Waals surface area contributed by atoms with Gasteiger partial charge in [-0.05, 0) is 93.2 Å². The molecule has 1 aliphatic heterocycles. The molecule has 2 heterocycles. The van der Waals surface area contributed by atoms with E-state index >= 15 is 0 Å². The second-order valence-corrected chi connectivity index (χ2v) is 15.8. The van der Waals surface area contributed by atoms with Gasteiger partial charge in [-0.15, -0.1) is 0 Å². The summed E-state index contributed by atoms with van der Waals surface area (Å²) in [6.45, 7) is 3.97. The summed E-state index contributed by atoms with van der Waals surface area (Å²) in [4.78, 5) is 8.50. The Bertz CT molecular complexity index is 2060. The molecule has 53 heavy (non-hydrogen) atoms. The highest BCUT2D eigenvalue weighted by molar-refractivity contribution is 7.85. The fraction of sp³-hybridized carbons (Fsp3) is 0.400. The van der Waals surface area contributed by atoms with Crippen molar-refractivity contribution in [3.63, 3.8) is 0 Å². The van der Waals surface area contributed by atoms with Crippen molar-refractivity contribution < 1.29 is 31.9 Å². The molecule has 280 valence electrons. The standard InChI is InChI=1S/C40H45ClN4O7S/c1-27-31(5-4-6-35(27)30-7-12-37-40(19-30)50-15-14-49-37)26-52-39-20-38(51-25-29-17-28(21-42)22-43-23-29)32(18-36(39)41)24-45(13-16-53(46,47)48)34-10-8-33(9-11-34)44(2)3/h4-7,12,17-20,22-23,33-34H,8-11,13-16,24-26H2,1-3H3,(H,46,47,48). The van der Waals surface area contributed by atoms with Gasteiger partial charge in [0, 0.05) is 54.8 Å². The number of hydrogen-bond donors (Lipinski definition) is 1. The molecule has 1 N–H and O–H groups in total. The first kappa shape index (κ1) is 38.3. The number of nitrogens with zero attached hydrogens (tertiary/aromatic N) is 4. The highest BCUT2D eigenvalue weighted by Gasteiger charge is 2.29. The first-order valence-electron chi connectivity index (χ1n) is 17.7. The Morgan fingerprint density at radius 3 is 2.40 bits per heavy atom. The molecule has 1 aliphatic carbocycles. The molecule has 13 heteroatoms. The Kier molecular flexibility index (Phi) is 12.4. The van der Waals surface area contributed by atoms with Crippen LogP contribution >= 0.6 is 11.6 Å². The molecule has 0 unspecified atom stereocenters. The molecule has 0 amide bonds. The van der Waals surface area contributed by atoms with Crippen LogP contribution in [0.1, 0.15) is 53.5 Å². The molecule has 1 saturated carbocycles. The van der Waals surface area contributed by atoms with E-state index in [9.17, 15) is 18.2 Å². The van der Waals surface area contributed by atoms with Crippen molar-refractivity contribution in [3.8, 4) is 40.2 Å². The SMILES string of the molecule is Cc1c(COc2cc(OCc3cncc(C#N)c3)c(CN(CCS(=O)(=O)O)C3CCC(N(C)C)CC3)cc2Cl)cccc1-c1ccc2c(c1)OCCO2. The molecule has 3 aromatic carbocycles. The van der Waals surface area contributed by atoms with Crippen LogP contribution in [0.25, 0.3) is 11.1 Å². The third-order valence-corrected chi connectivity index (χ3v) is 11.0. The zero-order chi connectivity index (χ0) is 37.5. The quantitative estimate of drug-likeness (QED) is 0.132. The fourth-order valence-electron chi connectivity index (χ4n) is 7.03. The first-order chi connectivity index (χ1) is 25.5. The summed E-state index contributed by atoms with van der Waals surface area (Å²) in [6.07, 6.45) is 6.87. The van der Waals surface area contributed by atoms with Gasteiger partial charge in [-0.3, -0.25) is 14.4 Å². The van der Waals surface area contributed by atoms with Gasteiger partial charge >= 0.3 is 0 Å². The summed E-state index contributed by atoms with van der Waals surface area (Å²) in [7, 11) is -0.0272. The third kappa shape index (κ3) is 9.99. The predicted octanol–water partition coefficient (Wildman–Crippen LogP) is 7.07. The van der Waals surface area contributed by atoms with Gasteiger partial charge in [0.25, 0.3) is 10.1 Å². The van der Waals surface area contributed by atoms with E-state index in [2.05, 4.69) is 47.9 Å². The molecule has 0 spiro atoms. The van der Waals surface area contributed by atoms with Crippen molar-refractivity contribution in [3.05, 3.63) is 99.8 Å². The second-order valence-electron chi connectivity index (χ2n) is 13.8. The van der Waals surface area contributed by atoms with Gasteiger partial charge in [0.15, 0.2) is 11.5 Å². The number of aromatic nitrogens is 1. The zero-order valence-electron chi connectivity index (χ0n) is 30.3. The number of hydrogen-bond acceptors (Lipinski definition) is 10. The van der Waals surface area contributed by atoms with E-state index in [0.717, 1.165) is 65.0 Å². The van der Waals surface area contributed by atoms with Crippen LogP contribution in [-0.2, 0) is 29.9 Å². The lowest BCUT2D eigenvalue weighted by Gasteiger charge is -2.39. The van der Waals surface area contributed by atoms with Crippen LogP contribution in [0.2, 0.25) is 5.02 Å². The number of ether oxygens (including phenoxy) is 4. The zero-order valence-corrected chi connectivity index (χ0v) is 31.8. The van der Waals surface area contributed by atoms with Crippen LogP contribution in [0.4, 0.5) is 0 Å². The minimum atomic E-state index is -4.19. The number of rotatable bonds is 14. The maximum Gasteiger partial charge on any atom is 0.266 e. The number of fused-ring (bicyclic) bond motifs is 1. The summed E-state index contributed by atoms with van der Waals surface area (Å²) in [5.74, 6) is 2.01. The minimum absolute atomic E-state index is 0.108. The predicted molar refractivity (Wildman–Crippen MR) is 203 cm³/mol. The van der Waals surface area contributed by atoms with Crippen molar-refractivity contribution in [2.24, 2.45) is 0 Å². The van der Waals surface area contributed by atoms with E-state index < -0.39 is 10.1 Å². The normalized spacial score (nSPS) is 17.1. The largest absolute Gasteiger partial charge is 0.488 e. The summed E-state index contributed by atoms with van der Waals surface area (Å²) in [5, 5.41) is 9.78. The Morgan fingerprint density at radius 1 is 0.925 bits per heavy atom. The van der Waals surface area contributed by atoms with Crippen LogP contribution in [0.15, 0.2) is 67.0 Å². The maximum atomic E-state index is 11.9. The van der Waals surface area contributed by atoms with Gasteiger partial charge in [-0.25, -0.2) is 0 Å². The Hall–Kier alpha value is -4.38. The van der Waals surface area contributed by atoms with Crippen LogP contribution < -0.4 is 18.9 Å². The highest BCUT2D eigenvalue weighted by atomic mass is 35.5. The smallest absolute Gasteiger partial charge is 0.266 e. The van der Waals surface area contributed by atoms with Crippen LogP contribution in [-0.4, -0.2) is 79.4 Å². The molecule has 0 radical (unpaired) electrons. The van der Waals surface area contributed by atoms with E-state index in [1.165, 1.54) is 6.20 Å². The van der Waals surface area contributed by atoms with Crippen molar-refractivity contribution in [1.82, 2.24) is 14.8 Å². The molecular weight excluding hydrogens is 716 g/mol. The van der Waals surface area contributed by atoms with Gasteiger partial charge < -0.3 is 23.8 Å². The average Bonchev–Trinajstić information content (AvgIpc) is 3.15. The molecule has 1 aromatic heterocycles. The Labute approximate surface area is 316 Å². The Morgan fingerprint density at radius 2 is 1.66 bits per heavy atom. The number of nitriles is 1. The molecule has 4 aromatic rings. The summed E-state index contributed by atoms with van der Waals surface area (Å²) < 4.78 is 57.7. The molecular formula is C40H45ClN4O7S. The molecule has 0 atom stereocenters. The first-order valence-corrected chi connectivity index (χ1v) is 19.7. The van der Waals surface area contributed by atoms with Gasteiger partial charge in [-0.2, -0.15) is 13.7 Å². The highest BCUT2D eigenvalue weighted by Crippen LogP contribution is 2.38. The lowest BCUT2D eigenvalue weighted by molar-refractivity contribution is 0.115. The fourth-order valence-corrected chi connectivity index (χ4v) is 7.74. The molecule has 11 nitrogen and oxygen atoms in total. The summed E-state index contributed by atoms with van der Waals surface area (Å²) in [6, 6.07) is 20.0. The van der Waals surface area contributed by atoms with Gasteiger partial charge in [0.2, 0.25) is 0 Å². The lowest BCUT2D eigenvalue weighted by Crippen LogP contribution is -2.43. The van der Waals surface area contributed by atoms with Crippen molar-refractivity contribution in [2.75, 3.05) is 39.6 Å². The number of halogens is 1.